The van der Waals surface area contributed by atoms with Crippen LogP contribution in [0, 0.1) is 0 Å². The van der Waals surface area contributed by atoms with E-state index in [-0.39, 0.29) is 0 Å². The van der Waals surface area contributed by atoms with Crippen molar-refractivity contribution in [3.05, 3.63) is 52.5 Å². The van der Waals surface area contributed by atoms with Gasteiger partial charge in [0.1, 0.15) is 11.5 Å². The molecule has 110 valence electrons. The second kappa shape index (κ2) is 6.39. The van der Waals surface area contributed by atoms with E-state index in [0.717, 1.165) is 41.2 Å². The summed E-state index contributed by atoms with van der Waals surface area (Å²) in [5.41, 5.74) is 2.29. The Hall–Kier alpha value is -1.68. The average Bonchev–Trinajstić information content (AvgIpc) is 2.53. The summed E-state index contributed by atoms with van der Waals surface area (Å²) >= 11 is 3.50. The minimum atomic E-state index is 0.457. The molecule has 0 fully saturated rings. The van der Waals surface area contributed by atoms with Gasteiger partial charge in [-0.05, 0) is 36.2 Å². The van der Waals surface area contributed by atoms with Crippen LogP contribution in [0.1, 0.15) is 17.9 Å². The molecule has 2 aromatic carbocycles. The highest BCUT2D eigenvalue weighted by Crippen LogP contribution is 2.34. The maximum atomic E-state index is 5.71. The predicted molar refractivity (Wildman–Crippen MR) is 88.5 cm³/mol. The molecule has 0 saturated carbocycles. The molecule has 0 aromatic heterocycles. The molecule has 1 N–H and O–H groups in total. The van der Waals surface area contributed by atoms with E-state index in [4.69, 9.17) is 9.47 Å². The van der Waals surface area contributed by atoms with Crippen molar-refractivity contribution in [2.45, 2.75) is 12.3 Å². The van der Waals surface area contributed by atoms with E-state index < -0.39 is 0 Å². The third kappa shape index (κ3) is 3.16. The zero-order chi connectivity index (χ0) is 14.7. The van der Waals surface area contributed by atoms with Crippen LogP contribution < -0.4 is 14.8 Å². The highest BCUT2D eigenvalue weighted by Gasteiger charge is 2.21. The number of ether oxygens (including phenoxy) is 2. The molecule has 0 saturated heterocycles. The molecule has 4 heteroatoms. The molecule has 2 aromatic rings. The number of hydrogen-bond acceptors (Lipinski definition) is 3. The Bertz CT molecular complexity index is 630. The van der Waals surface area contributed by atoms with Gasteiger partial charge in [-0.25, -0.2) is 0 Å². The minimum absolute atomic E-state index is 0.457. The minimum Gasteiger partial charge on any atom is -0.495 e. The standard InChI is InChI=1S/C17H18BrNO2/c1-20-17-7-6-13(18)10-15(17)19-11-12-8-9-21-16-5-3-2-4-14(12)16/h2-7,10,12,19H,8-9,11H2,1H3. The first-order valence-corrected chi connectivity index (χ1v) is 7.86. The summed E-state index contributed by atoms with van der Waals surface area (Å²) in [7, 11) is 1.69. The van der Waals surface area contributed by atoms with Gasteiger partial charge in [0.2, 0.25) is 0 Å². The van der Waals surface area contributed by atoms with Crippen LogP contribution in [0.25, 0.3) is 0 Å². The van der Waals surface area contributed by atoms with Crippen LogP contribution in [-0.4, -0.2) is 20.3 Å². The van der Waals surface area contributed by atoms with Crippen LogP contribution in [0.3, 0.4) is 0 Å². The molecule has 1 unspecified atom stereocenters. The van der Waals surface area contributed by atoms with Gasteiger partial charge < -0.3 is 14.8 Å². The lowest BCUT2D eigenvalue weighted by Crippen LogP contribution is -2.20. The molecule has 0 amide bonds. The highest BCUT2D eigenvalue weighted by atomic mass is 79.9. The Morgan fingerprint density at radius 1 is 1.29 bits per heavy atom. The fraction of sp³-hybridized carbons (Fsp3) is 0.294. The number of anilines is 1. The normalized spacial score (nSPS) is 16.8. The molecular weight excluding hydrogens is 330 g/mol. The number of rotatable bonds is 4. The number of fused-ring (bicyclic) bond motifs is 1. The molecule has 1 aliphatic heterocycles. The molecule has 21 heavy (non-hydrogen) atoms. The molecule has 3 nitrogen and oxygen atoms in total. The Morgan fingerprint density at radius 3 is 3.00 bits per heavy atom. The van der Waals surface area contributed by atoms with Gasteiger partial charge in [-0.3, -0.25) is 0 Å². The van der Waals surface area contributed by atoms with Crippen molar-refractivity contribution < 1.29 is 9.47 Å². The molecule has 0 spiro atoms. The first kappa shape index (κ1) is 14.3. The summed E-state index contributed by atoms with van der Waals surface area (Å²) in [5, 5.41) is 3.51. The zero-order valence-electron chi connectivity index (χ0n) is 11.9. The summed E-state index contributed by atoms with van der Waals surface area (Å²) in [6, 6.07) is 14.3. The largest absolute Gasteiger partial charge is 0.495 e. The molecule has 0 bridgehead atoms. The Balaban J connectivity index is 1.76. The van der Waals surface area contributed by atoms with Gasteiger partial charge >= 0.3 is 0 Å². The van der Waals surface area contributed by atoms with Crippen molar-refractivity contribution in [3.8, 4) is 11.5 Å². The lowest BCUT2D eigenvalue weighted by atomic mass is 9.93. The lowest BCUT2D eigenvalue weighted by Gasteiger charge is -2.26. The number of benzene rings is 2. The molecule has 1 heterocycles. The Morgan fingerprint density at radius 2 is 2.14 bits per heavy atom. The summed E-state index contributed by atoms with van der Waals surface area (Å²) in [5.74, 6) is 2.33. The summed E-state index contributed by atoms with van der Waals surface area (Å²) in [6.07, 6.45) is 1.03. The van der Waals surface area contributed by atoms with Crippen LogP contribution in [0.4, 0.5) is 5.69 Å². The van der Waals surface area contributed by atoms with Crippen molar-refractivity contribution >= 4 is 21.6 Å². The summed E-state index contributed by atoms with van der Waals surface area (Å²) in [6.45, 7) is 1.65. The van der Waals surface area contributed by atoms with Crippen LogP contribution in [0.2, 0.25) is 0 Å². The van der Waals surface area contributed by atoms with E-state index >= 15 is 0 Å². The fourth-order valence-electron chi connectivity index (χ4n) is 2.68. The Kier molecular flexibility index (Phi) is 4.34. The first-order valence-electron chi connectivity index (χ1n) is 7.07. The van der Waals surface area contributed by atoms with Gasteiger partial charge in [0.25, 0.3) is 0 Å². The predicted octanol–water partition coefficient (Wildman–Crippen LogP) is 4.44. The maximum absolute atomic E-state index is 5.71. The molecule has 0 radical (unpaired) electrons. The first-order chi connectivity index (χ1) is 10.3. The zero-order valence-corrected chi connectivity index (χ0v) is 13.5. The molecular formula is C17H18BrNO2. The van der Waals surface area contributed by atoms with E-state index in [1.165, 1.54) is 5.56 Å². The van der Waals surface area contributed by atoms with Crippen LogP contribution in [-0.2, 0) is 0 Å². The lowest BCUT2D eigenvalue weighted by molar-refractivity contribution is 0.270. The summed E-state index contributed by atoms with van der Waals surface area (Å²) < 4.78 is 12.2. The van der Waals surface area contributed by atoms with Gasteiger partial charge in [0.05, 0.1) is 19.4 Å². The van der Waals surface area contributed by atoms with Crippen LogP contribution >= 0.6 is 15.9 Å². The average molecular weight is 348 g/mol. The van der Waals surface area contributed by atoms with E-state index in [2.05, 4.69) is 33.4 Å². The molecule has 3 rings (SSSR count). The van der Waals surface area contributed by atoms with Gasteiger partial charge in [-0.2, -0.15) is 0 Å². The molecule has 1 aliphatic rings. The fourth-order valence-corrected chi connectivity index (χ4v) is 3.04. The quantitative estimate of drug-likeness (QED) is 0.886. The van der Waals surface area contributed by atoms with Crippen molar-refractivity contribution in [1.29, 1.82) is 0 Å². The highest BCUT2D eigenvalue weighted by molar-refractivity contribution is 9.10. The Labute approximate surface area is 133 Å². The van der Waals surface area contributed by atoms with Crippen LogP contribution in [0.15, 0.2) is 46.9 Å². The van der Waals surface area contributed by atoms with Crippen LogP contribution in [0.5, 0.6) is 11.5 Å². The topological polar surface area (TPSA) is 30.5 Å². The number of para-hydroxylation sites is 1. The second-order valence-electron chi connectivity index (χ2n) is 5.10. The third-order valence-corrected chi connectivity index (χ3v) is 4.28. The molecule has 0 aliphatic carbocycles. The van der Waals surface area contributed by atoms with E-state index in [9.17, 15) is 0 Å². The SMILES string of the molecule is COc1ccc(Br)cc1NCC1CCOc2ccccc21. The van der Waals surface area contributed by atoms with Crippen molar-refractivity contribution in [3.63, 3.8) is 0 Å². The van der Waals surface area contributed by atoms with Gasteiger partial charge in [0.15, 0.2) is 0 Å². The number of halogens is 1. The monoisotopic (exact) mass is 347 g/mol. The number of methoxy groups -OCH3 is 1. The number of hydrogen-bond donors (Lipinski definition) is 1. The van der Waals surface area contributed by atoms with Crippen molar-refractivity contribution in [2.75, 3.05) is 25.6 Å². The third-order valence-electron chi connectivity index (χ3n) is 3.78. The second-order valence-corrected chi connectivity index (χ2v) is 6.01. The smallest absolute Gasteiger partial charge is 0.142 e. The number of nitrogens with one attached hydrogen (secondary N) is 1. The van der Waals surface area contributed by atoms with Gasteiger partial charge in [-0.1, -0.05) is 34.1 Å². The molecule has 1 atom stereocenters. The van der Waals surface area contributed by atoms with Crippen molar-refractivity contribution in [1.82, 2.24) is 0 Å². The summed E-state index contributed by atoms with van der Waals surface area (Å²) in [4.78, 5) is 0. The maximum Gasteiger partial charge on any atom is 0.142 e. The van der Waals surface area contributed by atoms with Crippen molar-refractivity contribution in [2.24, 2.45) is 0 Å². The van der Waals surface area contributed by atoms with Gasteiger partial charge in [0, 0.05) is 16.9 Å². The van der Waals surface area contributed by atoms with Gasteiger partial charge in [-0.15, -0.1) is 0 Å². The van der Waals surface area contributed by atoms with E-state index in [1.807, 2.05) is 30.3 Å². The van der Waals surface area contributed by atoms with E-state index in [0.29, 0.717) is 5.92 Å². The van der Waals surface area contributed by atoms with E-state index in [1.54, 1.807) is 7.11 Å².